The van der Waals surface area contributed by atoms with Crippen molar-refractivity contribution in [1.29, 1.82) is 0 Å². The largest absolute Gasteiger partial charge is 0.357 e. The minimum Gasteiger partial charge on any atom is -0.357 e. The standard InChI is InChI=1S/C15H23N3O2/c1-2-3-7-14(19)17-9-5-10-18(12-11-17)15(20)13-6-4-8-16-13/h4,6,8,16H,2-3,5,7,9-12H2,1H3. The number of hydrogen-bond donors (Lipinski definition) is 1. The van der Waals surface area contributed by atoms with Crippen molar-refractivity contribution < 1.29 is 9.59 Å². The molecule has 0 unspecified atom stereocenters. The van der Waals surface area contributed by atoms with Crippen LogP contribution in [0.15, 0.2) is 18.3 Å². The van der Waals surface area contributed by atoms with Crippen LogP contribution in [-0.2, 0) is 4.79 Å². The zero-order chi connectivity index (χ0) is 14.4. The molecule has 0 aliphatic carbocycles. The topological polar surface area (TPSA) is 56.4 Å². The van der Waals surface area contributed by atoms with Crippen LogP contribution in [0.25, 0.3) is 0 Å². The highest BCUT2D eigenvalue weighted by atomic mass is 16.2. The summed E-state index contributed by atoms with van der Waals surface area (Å²) >= 11 is 0. The third kappa shape index (κ3) is 3.62. The Labute approximate surface area is 119 Å². The van der Waals surface area contributed by atoms with Crippen LogP contribution in [0.2, 0.25) is 0 Å². The van der Waals surface area contributed by atoms with Crippen LogP contribution in [0.1, 0.15) is 43.1 Å². The van der Waals surface area contributed by atoms with E-state index in [2.05, 4.69) is 11.9 Å². The van der Waals surface area contributed by atoms with Crippen molar-refractivity contribution in [2.24, 2.45) is 0 Å². The molecular formula is C15H23N3O2. The second-order valence-electron chi connectivity index (χ2n) is 5.21. The fraction of sp³-hybridized carbons (Fsp3) is 0.600. The Kier molecular flexibility index (Phi) is 5.21. The predicted octanol–water partition coefficient (Wildman–Crippen LogP) is 1.88. The Balaban J connectivity index is 1.89. The first-order chi connectivity index (χ1) is 9.72. The summed E-state index contributed by atoms with van der Waals surface area (Å²) in [5, 5.41) is 0. The number of aromatic nitrogens is 1. The average Bonchev–Trinajstić information content (AvgIpc) is 2.88. The van der Waals surface area contributed by atoms with Gasteiger partial charge in [-0.05, 0) is 25.0 Å². The van der Waals surface area contributed by atoms with Crippen LogP contribution in [0.3, 0.4) is 0 Å². The van der Waals surface area contributed by atoms with E-state index in [0.717, 1.165) is 32.4 Å². The first kappa shape index (κ1) is 14.6. The summed E-state index contributed by atoms with van der Waals surface area (Å²) in [7, 11) is 0. The van der Waals surface area contributed by atoms with Crippen molar-refractivity contribution in [1.82, 2.24) is 14.8 Å². The highest BCUT2D eigenvalue weighted by molar-refractivity contribution is 5.92. The Morgan fingerprint density at radius 1 is 1.20 bits per heavy atom. The first-order valence-electron chi connectivity index (χ1n) is 7.43. The third-order valence-electron chi connectivity index (χ3n) is 3.71. The zero-order valence-corrected chi connectivity index (χ0v) is 12.1. The van der Waals surface area contributed by atoms with Crippen molar-refractivity contribution in [2.75, 3.05) is 26.2 Å². The fourth-order valence-corrected chi connectivity index (χ4v) is 2.49. The van der Waals surface area contributed by atoms with E-state index in [9.17, 15) is 9.59 Å². The van der Waals surface area contributed by atoms with Gasteiger partial charge in [0.2, 0.25) is 5.91 Å². The quantitative estimate of drug-likeness (QED) is 0.913. The number of amides is 2. The van der Waals surface area contributed by atoms with Gasteiger partial charge in [0.15, 0.2) is 0 Å². The molecule has 2 amide bonds. The van der Waals surface area contributed by atoms with Crippen LogP contribution >= 0.6 is 0 Å². The van der Waals surface area contributed by atoms with Crippen LogP contribution in [0.4, 0.5) is 0 Å². The molecule has 0 radical (unpaired) electrons. The van der Waals surface area contributed by atoms with Gasteiger partial charge in [0.05, 0.1) is 0 Å². The summed E-state index contributed by atoms with van der Waals surface area (Å²) in [6.45, 7) is 4.84. The van der Waals surface area contributed by atoms with E-state index in [1.165, 1.54) is 0 Å². The van der Waals surface area contributed by atoms with E-state index in [1.807, 2.05) is 15.9 Å². The SMILES string of the molecule is CCCCC(=O)N1CCCN(C(=O)c2ccc[nH]2)CC1. The molecule has 1 saturated heterocycles. The van der Waals surface area contributed by atoms with Gasteiger partial charge in [0.1, 0.15) is 5.69 Å². The van der Waals surface area contributed by atoms with E-state index in [4.69, 9.17) is 0 Å². The molecule has 5 heteroatoms. The third-order valence-corrected chi connectivity index (χ3v) is 3.71. The molecule has 0 spiro atoms. The summed E-state index contributed by atoms with van der Waals surface area (Å²) in [5.74, 6) is 0.249. The van der Waals surface area contributed by atoms with E-state index in [0.29, 0.717) is 25.2 Å². The molecule has 0 atom stereocenters. The Morgan fingerprint density at radius 2 is 1.95 bits per heavy atom. The molecule has 5 nitrogen and oxygen atoms in total. The Bertz CT molecular complexity index is 442. The molecule has 20 heavy (non-hydrogen) atoms. The maximum Gasteiger partial charge on any atom is 0.270 e. The lowest BCUT2D eigenvalue weighted by atomic mass is 10.2. The van der Waals surface area contributed by atoms with E-state index >= 15 is 0 Å². The van der Waals surface area contributed by atoms with Crippen molar-refractivity contribution in [2.45, 2.75) is 32.6 Å². The lowest BCUT2D eigenvalue weighted by Crippen LogP contribution is -2.37. The predicted molar refractivity (Wildman–Crippen MR) is 77.4 cm³/mol. The molecule has 0 saturated carbocycles. The number of carbonyl (C=O) groups excluding carboxylic acids is 2. The van der Waals surface area contributed by atoms with E-state index in [-0.39, 0.29) is 11.8 Å². The highest BCUT2D eigenvalue weighted by Gasteiger charge is 2.22. The lowest BCUT2D eigenvalue weighted by molar-refractivity contribution is -0.131. The van der Waals surface area contributed by atoms with Crippen molar-refractivity contribution in [3.05, 3.63) is 24.0 Å². The fourth-order valence-electron chi connectivity index (χ4n) is 2.49. The molecule has 1 aromatic rings. The number of unbranched alkanes of at least 4 members (excludes halogenated alkanes) is 1. The maximum absolute atomic E-state index is 12.3. The average molecular weight is 277 g/mol. The first-order valence-corrected chi connectivity index (χ1v) is 7.43. The van der Waals surface area contributed by atoms with Crippen molar-refractivity contribution in [3.63, 3.8) is 0 Å². The van der Waals surface area contributed by atoms with Gasteiger partial charge in [-0.25, -0.2) is 0 Å². The number of nitrogens with zero attached hydrogens (tertiary/aromatic N) is 2. The number of rotatable bonds is 4. The van der Waals surface area contributed by atoms with Crippen LogP contribution in [0, 0.1) is 0 Å². The van der Waals surface area contributed by atoms with Gasteiger partial charge < -0.3 is 14.8 Å². The van der Waals surface area contributed by atoms with Gasteiger partial charge in [0, 0.05) is 38.8 Å². The van der Waals surface area contributed by atoms with Gasteiger partial charge in [-0.3, -0.25) is 9.59 Å². The van der Waals surface area contributed by atoms with E-state index in [1.54, 1.807) is 12.3 Å². The molecule has 2 heterocycles. The van der Waals surface area contributed by atoms with Gasteiger partial charge >= 0.3 is 0 Å². The summed E-state index contributed by atoms with van der Waals surface area (Å²) in [6, 6.07) is 3.61. The molecular weight excluding hydrogens is 254 g/mol. The number of carbonyl (C=O) groups is 2. The highest BCUT2D eigenvalue weighted by Crippen LogP contribution is 2.10. The minimum atomic E-state index is 0.0258. The van der Waals surface area contributed by atoms with Crippen LogP contribution in [-0.4, -0.2) is 52.8 Å². The number of aromatic amines is 1. The molecule has 0 bridgehead atoms. The van der Waals surface area contributed by atoms with Gasteiger partial charge in [-0.1, -0.05) is 13.3 Å². The molecule has 1 aliphatic rings. The van der Waals surface area contributed by atoms with Crippen molar-refractivity contribution >= 4 is 11.8 Å². The summed E-state index contributed by atoms with van der Waals surface area (Å²) < 4.78 is 0. The number of H-pyrrole nitrogens is 1. The Hall–Kier alpha value is -1.78. The summed E-state index contributed by atoms with van der Waals surface area (Å²) in [4.78, 5) is 31.0. The van der Waals surface area contributed by atoms with Gasteiger partial charge in [-0.15, -0.1) is 0 Å². The van der Waals surface area contributed by atoms with Crippen LogP contribution in [0.5, 0.6) is 0 Å². The molecule has 0 aromatic carbocycles. The Morgan fingerprint density at radius 3 is 2.65 bits per heavy atom. The van der Waals surface area contributed by atoms with Crippen molar-refractivity contribution in [3.8, 4) is 0 Å². The van der Waals surface area contributed by atoms with E-state index < -0.39 is 0 Å². The maximum atomic E-state index is 12.3. The summed E-state index contributed by atoms with van der Waals surface area (Å²) in [6.07, 6.45) is 5.22. The minimum absolute atomic E-state index is 0.0258. The molecule has 2 rings (SSSR count). The molecule has 1 N–H and O–H groups in total. The number of hydrogen-bond acceptors (Lipinski definition) is 2. The molecule has 1 fully saturated rings. The van der Waals surface area contributed by atoms with Gasteiger partial charge in [0.25, 0.3) is 5.91 Å². The summed E-state index contributed by atoms with van der Waals surface area (Å²) in [5.41, 5.74) is 0.621. The number of nitrogens with one attached hydrogen (secondary N) is 1. The zero-order valence-electron chi connectivity index (χ0n) is 12.1. The smallest absolute Gasteiger partial charge is 0.270 e. The van der Waals surface area contributed by atoms with Gasteiger partial charge in [-0.2, -0.15) is 0 Å². The second kappa shape index (κ2) is 7.12. The molecule has 1 aromatic heterocycles. The lowest BCUT2D eigenvalue weighted by Gasteiger charge is -2.22. The second-order valence-corrected chi connectivity index (χ2v) is 5.21. The van der Waals surface area contributed by atoms with Crippen LogP contribution < -0.4 is 0 Å². The normalized spacial score (nSPS) is 16.1. The molecule has 110 valence electrons. The molecule has 1 aliphatic heterocycles. The monoisotopic (exact) mass is 277 g/mol.